The normalized spacial score (nSPS) is 9.86. The van der Waals surface area contributed by atoms with Crippen LogP contribution in [0.5, 0.6) is 0 Å². The number of anilines is 1. The van der Waals surface area contributed by atoms with Crippen molar-refractivity contribution in [2.24, 2.45) is 5.92 Å². The molecular weight excluding hydrogens is 198 g/mol. The van der Waals surface area contributed by atoms with E-state index in [1.807, 2.05) is 19.9 Å². The monoisotopic (exact) mass is 209 g/mol. The molecule has 1 heterocycles. The van der Waals surface area contributed by atoms with Crippen LogP contribution in [0, 0.1) is 17.2 Å². The topological polar surface area (TPSA) is 65.8 Å². The summed E-state index contributed by atoms with van der Waals surface area (Å²) >= 11 is 1.18. The molecule has 1 aromatic heterocycles. The molecule has 14 heavy (non-hydrogen) atoms. The fourth-order valence-electron chi connectivity index (χ4n) is 0.925. The van der Waals surface area contributed by atoms with Crippen LogP contribution in [0.4, 0.5) is 5.13 Å². The number of aromatic nitrogens is 1. The van der Waals surface area contributed by atoms with Gasteiger partial charge in [0.15, 0.2) is 5.13 Å². The number of thiazole rings is 1. The van der Waals surface area contributed by atoms with Crippen LogP contribution < -0.4 is 5.32 Å². The van der Waals surface area contributed by atoms with Crippen molar-refractivity contribution in [1.82, 2.24) is 4.98 Å². The van der Waals surface area contributed by atoms with E-state index >= 15 is 0 Å². The molecule has 1 aromatic rings. The summed E-state index contributed by atoms with van der Waals surface area (Å²) in [6, 6.07) is 1.97. The van der Waals surface area contributed by atoms with E-state index in [4.69, 9.17) is 5.26 Å². The SMILES string of the molecule is CC(C)CC(=O)Nc1ncc(C#N)s1. The Balaban J connectivity index is 2.53. The van der Waals surface area contributed by atoms with E-state index in [0.717, 1.165) is 0 Å². The van der Waals surface area contributed by atoms with E-state index in [9.17, 15) is 4.79 Å². The molecule has 0 aromatic carbocycles. The molecule has 0 saturated heterocycles. The van der Waals surface area contributed by atoms with Gasteiger partial charge in [0, 0.05) is 6.42 Å². The first-order chi connectivity index (χ1) is 6.61. The number of hydrogen-bond acceptors (Lipinski definition) is 4. The Labute approximate surface area is 86.6 Å². The van der Waals surface area contributed by atoms with Crippen LogP contribution in [-0.2, 0) is 4.79 Å². The fraction of sp³-hybridized carbons (Fsp3) is 0.444. The summed E-state index contributed by atoms with van der Waals surface area (Å²) in [5, 5.41) is 11.7. The molecular formula is C9H11N3OS. The quantitative estimate of drug-likeness (QED) is 0.828. The van der Waals surface area contributed by atoms with Gasteiger partial charge in [0.1, 0.15) is 10.9 Å². The predicted octanol–water partition coefficient (Wildman–Crippen LogP) is 2.00. The lowest BCUT2D eigenvalue weighted by molar-refractivity contribution is -0.116. The molecule has 0 saturated carbocycles. The molecule has 1 N–H and O–H groups in total. The van der Waals surface area contributed by atoms with Crippen molar-refractivity contribution in [3.05, 3.63) is 11.1 Å². The predicted molar refractivity (Wildman–Crippen MR) is 54.9 cm³/mol. The molecule has 0 aliphatic heterocycles. The molecule has 0 atom stereocenters. The van der Waals surface area contributed by atoms with Gasteiger partial charge in [-0.2, -0.15) is 5.26 Å². The van der Waals surface area contributed by atoms with Crippen molar-refractivity contribution < 1.29 is 4.79 Å². The largest absolute Gasteiger partial charge is 0.302 e. The third kappa shape index (κ3) is 3.15. The van der Waals surface area contributed by atoms with Gasteiger partial charge in [-0.05, 0) is 5.92 Å². The van der Waals surface area contributed by atoms with Crippen LogP contribution in [-0.4, -0.2) is 10.9 Å². The van der Waals surface area contributed by atoms with E-state index in [1.54, 1.807) is 0 Å². The summed E-state index contributed by atoms with van der Waals surface area (Å²) in [5.41, 5.74) is 0. The van der Waals surface area contributed by atoms with Crippen molar-refractivity contribution >= 4 is 22.4 Å². The zero-order valence-corrected chi connectivity index (χ0v) is 8.89. The zero-order valence-electron chi connectivity index (χ0n) is 8.07. The first kappa shape index (κ1) is 10.7. The minimum absolute atomic E-state index is 0.0566. The molecule has 0 aliphatic rings. The minimum Gasteiger partial charge on any atom is -0.302 e. The molecule has 0 aliphatic carbocycles. The second-order valence-corrected chi connectivity index (χ2v) is 4.32. The third-order valence-corrected chi connectivity index (χ3v) is 2.27. The number of nitrogens with zero attached hydrogens (tertiary/aromatic N) is 2. The molecule has 1 amide bonds. The van der Waals surface area contributed by atoms with Gasteiger partial charge in [-0.25, -0.2) is 4.98 Å². The fourth-order valence-corrected chi connectivity index (χ4v) is 1.55. The highest BCUT2D eigenvalue weighted by Crippen LogP contribution is 2.17. The van der Waals surface area contributed by atoms with Gasteiger partial charge in [-0.1, -0.05) is 25.2 Å². The molecule has 0 radical (unpaired) electrons. The lowest BCUT2D eigenvalue weighted by atomic mass is 10.1. The van der Waals surface area contributed by atoms with Crippen LogP contribution in [0.3, 0.4) is 0 Å². The maximum absolute atomic E-state index is 11.3. The number of hydrogen-bond donors (Lipinski definition) is 1. The van der Waals surface area contributed by atoms with Crippen molar-refractivity contribution in [3.8, 4) is 6.07 Å². The van der Waals surface area contributed by atoms with Gasteiger partial charge >= 0.3 is 0 Å². The minimum atomic E-state index is -0.0566. The molecule has 1 rings (SSSR count). The molecule has 74 valence electrons. The highest BCUT2D eigenvalue weighted by molar-refractivity contribution is 7.16. The number of amides is 1. The number of nitrogens with one attached hydrogen (secondary N) is 1. The Hall–Kier alpha value is -1.41. The summed E-state index contributed by atoms with van der Waals surface area (Å²) in [5.74, 6) is 0.268. The number of nitriles is 1. The molecule has 4 nitrogen and oxygen atoms in total. The summed E-state index contributed by atoms with van der Waals surface area (Å²) < 4.78 is 0. The van der Waals surface area contributed by atoms with E-state index < -0.39 is 0 Å². The average Bonchev–Trinajstić information content (AvgIpc) is 2.50. The van der Waals surface area contributed by atoms with Gasteiger partial charge < -0.3 is 5.32 Å². The Kier molecular flexibility index (Phi) is 3.60. The van der Waals surface area contributed by atoms with Crippen molar-refractivity contribution in [3.63, 3.8) is 0 Å². The van der Waals surface area contributed by atoms with Gasteiger partial charge in [-0.3, -0.25) is 4.79 Å². The van der Waals surface area contributed by atoms with Crippen LogP contribution in [0.2, 0.25) is 0 Å². The maximum atomic E-state index is 11.3. The molecule has 0 bridgehead atoms. The van der Waals surface area contributed by atoms with E-state index in [-0.39, 0.29) is 5.91 Å². The highest BCUT2D eigenvalue weighted by Gasteiger charge is 2.07. The number of carbonyl (C=O) groups excluding carboxylic acids is 1. The second kappa shape index (κ2) is 4.72. The van der Waals surface area contributed by atoms with Crippen LogP contribution >= 0.6 is 11.3 Å². The van der Waals surface area contributed by atoms with Crippen LogP contribution in [0.25, 0.3) is 0 Å². The Morgan fingerprint density at radius 3 is 3.00 bits per heavy atom. The van der Waals surface area contributed by atoms with Gasteiger partial charge in [0.25, 0.3) is 0 Å². The van der Waals surface area contributed by atoms with E-state index in [0.29, 0.717) is 22.3 Å². The molecule has 5 heteroatoms. The third-order valence-electron chi connectivity index (χ3n) is 1.46. The second-order valence-electron chi connectivity index (χ2n) is 3.29. The Bertz CT molecular complexity index is 364. The first-order valence-electron chi connectivity index (χ1n) is 4.27. The van der Waals surface area contributed by atoms with Gasteiger partial charge in [0.05, 0.1) is 6.20 Å². The Morgan fingerprint density at radius 1 is 1.79 bits per heavy atom. The summed E-state index contributed by atoms with van der Waals surface area (Å²) in [4.78, 5) is 15.7. The van der Waals surface area contributed by atoms with Crippen LogP contribution in [0.1, 0.15) is 25.1 Å². The van der Waals surface area contributed by atoms with E-state index in [1.165, 1.54) is 17.5 Å². The molecule has 0 unspecified atom stereocenters. The number of carbonyl (C=O) groups is 1. The van der Waals surface area contributed by atoms with Gasteiger partial charge in [0.2, 0.25) is 5.91 Å². The zero-order chi connectivity index (χ0) is 10.6. The highest BCUT2D eigenvalue weighted by atomic mass is 32.1. The molecule has 0 spiro atoms. The smallest absolute Gasteiger partial charge is 0.226 e. The lowest BCUT2D eigenvalue weighted by Gasteiger charge is -2.03. The van der Waals surface area contributed by atoms with Crippen molar-refractivity contribution in [2.75, 3.05) is 5.32 Å². The first-order valence-corrected chi connectivity index (χ1v) is 5.09. The average molecular weight is 209 g/mol. The molecule has 0 fully saturated rings. The summed E-state index contributed by atoms with van der Waals surface area (Å²) in [7, 11) is 0. The van der Waals surface area contributed by atoms with Crippen molar-refractivity contribution in [1.29, 1.82) is 5.26 Å². The Morgan fingerprint density at radius 2 is 2.50 bits per heavy atom. The maximum Gasteiger partial charge on any atom is 0.226 e. The van der Waals surface area contributed by atoms with E-state index in [2.05, 4.69) is 10.3 Å². The summed E-state index contributed by atoms with van der Waals surface area (Å²) in [6.45, 7) is 3.95. The number of rotatable bonds is 3. The van der Waals surface area contributed by atoms with Gasteiger partial charge in [-0.15, -0.1) is 0 Å². The van der Waals surface area contributed by atoms with Crippen LogP contribution in [0.15, 0.2) is 6.20 Å². The standard InChI is InChI=1S/C9H11N3OS/c1-6(2)3-8(13)12-9-11-5-7(4-10)14-9/h5-6H,3H2,1-2H3,(H,11,12,13). The van der Waals surface area contributed by atoms with Crippen molar-refractivity contribution in [2.45, 2.75) is 20.3 Å². The lowest BCUT2D eigenvalue weighted by Crippen LogP contribution is -2.13. The summed E-state index contributed by atoms with van der Waals surface area (Å²) in [6.07, 6.45) is 1.93.